The van der Waals surface area contributed by atoms with Gasteiger partial charge in [-0.25, -0.2) is 8.78 Å². The lowest BCUT2D eigenvalue weighted by Gasteiger charge is -2.13. The lowest BCUT2D eigenvalue weighted by molar-refractivity contribution is -0.137. The van der Waals surface area contributed by atoms with E-state index in [1.807, 2.05) is 0 Å². The van der Waals surface area contributed by atoms with Gasteiger partial charge < -0.3 is 9.68 Å². The second-order valence-corrected chi connectivity index (χ2v) is 6.09. The summed E-state index contributed by atoms with van der Waals surface area (Å²) in [5.74, 6) is 0. The van der Waals surface area contributed by atoms with Gasteiger partial charge in [0.1, 0.15) is 13.7 Å². The Morgan fingerprint density at radius 1 is 1.07 bits per heavy atom. The van der Waals surface area contributed by atoms with Crippen LogP contribution < -0.4 is 0 Å². The second-order valence-electron chi connectivity index (χ2n) is 6.09. The molecule has 0 aliphatic heterocycles. The van der Waals surface area contributed by atoms with Crippen molar-refractivity contribution in [2.45, 2.75) is 33.1 Å². The van der Waals surface area contributed by atoms with Gasteiger partial charge in [-0.1, -0.05) is 40.6 Å². The van der Waals surface area contributed by atoms with Crippen molar-refractivity contribution < 1.29 is 31.6 Å². The van der Waals surface area contributed by atoms with E-state index in [9.17, 15) is 22.0 Å². The summed E-state index contributed by atoms with van der Waals surface area (Å²) in [6.45, 7) is 3.33. The molecule has 0 aromatic heterocycles. The van der Waals surface area contributed by atoms with Crippen LogP contribution in [0.3, 0.4) is 0 Å². The number of nitrogens with zero attached hydrogens (tertiary/aromatic N) is 2. The van der Waals surface area contributed by atoms with Crippen molar-refractivity contribution in [1.82, 2.24) is 0 Å². The summed E-state index contributed by atoms with van der Waals surface area (Å²) in [5, 5.41) is 7.27. The molecule has 0 N–H and O–H groups in total. The maximum absolute atomic E-state index is 13.4. The van der Waals surface area contributed by atoms with Crippen molar-refractivity contribution >= 4 is 11.4 Å². The zero-order valence-electron chi connectivity index (χ0n) is 15.9. The molecule has 0 heterocycles. The fourth-order valence-corrected chi connectivity index (χ4v) is 2.66. The van der Waals surface area contributed by atoms with Crippen molar-refractivity contribution in [2.24, 2.45) is 10.3 Å². The number of hydrogen-bond donors (Lipinski definition) is 0. The molecule has 0 aliphatic carbocycles. The van der Waals surface area contributed by atoms with Crippen molar-refractivity contribution in [3.8, 4) is 0 Å². The highest BCUT2D eigenvalue weighted by atomic mass is 19.4. The van der Waals surface area contributed by atoms with Crippen LogP contribution in [0.15, 0.2) is 52.8 Å². The Balaban J connectivity index is 2.32. The lowest BCUT2D eigenvalue weighted by atomic mass is 10.00. The van der Waals surface area contributed by atoms with Crippen molar-refractivity contribution in [3.63, 3.8) is 0 Å². The van der Waals surface area contributed by atoms with Crippen LogP contribution in [0.5, 0.6) is 0 Å². The molecule has 0 aliphatic rings. The van der Waals surface area contributed by atoms with Gasteiger partial charge in [0.25, 0.3) is 6.43 Å². The number of oxime groups is 2. The molecule has 156 valence electrons. The van der Waals surface area contributed by atoms with Crippen molar-refractivity contribution in [1.29, 1.82) is 0 Å². The molecule has 2 aromatic carbocycles. The largest absolute Gasteiger partial charge is 0.416 e. The summed E-state index contributed by atoms with van der Waals surface area (Å²) < 4.78 is 65.4. The van der Waals surface area contributed by atoms with Crippen molar-refractivity contribution in [3.05, 3.63) is 70.3 Å². The molecular formula is C20H19F5N2O2. The Hall–Kier alpha value is -2.97. The van der Waals surface area contributed by atoms with E-state index in [1.165, 1.54) is 7.11 Å². The predicted molar refractivity (Wildman–Crippen MR) is 99.2 cm³/mol. The molecule has 2 aromatic rings. The Morgan fingerprint density at radius 3 is 2.38 bits per heavy atom. The van der Waals surface area contributed by atoms with E-state index in [-0.39, 0.29) is 12.2 Å². The standard InChI is InChI=1S/C20H19F5N2O2/c1-12-6-4-9-16(13(2)26-28-3)17(12)11-29-27-18(19(21)22)14-7-5-8-15(10-14)20(23,24)25/h4-10,19H,11H2,1-3H3/b26-13-,27-18-. The third-order valence-electron chi connectivity index (χ3n) is 4.09. The maximum Gasteiger partial charge on any atom is 0.416 e. The minimum absolute atomic E-state index is 0.173. The molecule has 0 saturated heterocycles. The molecule has 0 bridgehead atoms. The molecule has 0 fully saturated rings. The third kappa shape index (κ3) is 5.75. The van der Waals surface area contributed by atoms with Crippen molar-refractivity contribution in [2.75, 3.05) is 7.11 Å². The summed E-state index contributed by atoms with van der Waals surface area (Å²) in [6.07, 6.45) is -7.77. The molecule has 0 radical (unpaired) electrons. The quantitative estimate of drug-likeness (QED) is 0.338. The minimum Gasteiger partial charge on any atom is -0.399 e. The molecule has 0 atom stereocenters. The van der Waals surface area contributed by atoms with Crippen LogP contribution in [0, 0.1) is 6.92 Å². The normalized spacial score (nSPS) is 13.0. The van der Waals surface area contributed by atoms with Gasteiger partial charge in [0.05, 0.1) is 11.3 Å². The number of alkyl halides is 5. The Kier molecular flexibility index (Phi) is 7.30. The Labute approximate surface area is 164 Å². The van der Waals surface area contributed by atoms with Gasteiger partial charge in [0.2, 0.25) is 0 Å². The van der Waals surface area contributed by atoms with E-state index in [4.69, 9.17) is 9.68 Å². The van der Waals surface area contributed by atoms with Gasteiger partial charge in [-0.3, -0.25) is 0 Å². The average Bonchev–Trinajstić information content (AvgIpc) is 2.65. The lowest BCUT2D eigenvalue weighted by Crippen LogP contribution is -2.15. The third-order valence-corrected chi connectivity index (χ3v) is 4.09. The van der Waals surface area contributed by atoms with E-state index in [1.54, 1.807) is 32.0 Å². The van der Waals surface area contributed by atoms with Crippen LogP contribution in [0.4, 0.5) is 22.0 Å². The number of halogens is 5. The molecule has 0 unspecified atom stereocenters. The first-order chi connectivity index (χ1) is 13.6. The molecule has 2 rings (SSSR count). The van der Waals surface area contributed by atoms with Gasteiger partial charge in [-0.15, -0.1) is 0 Å². The highest BCUT2D eigenvalue weighted by Crippen LogP contribution is 2.30. The molecular weight excluding hydrogens is 395 g/mol. The first-order valence-corrected chi connectivity index (χ1v) is 8.47. The van der Waals surface area contributed by atoms with Gasteiger partial charge in [-0.05, 0) is 31.5 Å². The van der Waals surface area contributed by atoms with Crippen LogP contribution >= 0.6 is 0 Å². The highest BCUT2D eigenvalue weighted by molar-refractivity contribution is 6.02. The summed E-state index contributed by atoms with van der Waals surface area (Å²) in [6, 6.07) is 8.92. The molecule has 0 amide bonds. The highest BCUT2D eigenvalue weighted by Gasteiger charge is 2.31. The van der Waals surface area contributed by atoms with E-state index in [0.717, 1.165) is 23.8 Å². The summed E-state index contributed by atoms with van der Waals surface area (Å²) in [7, 11) is 1.39. The van der Waals surface area contributed by atoms with Gasteiger partial charge in [0, 0.05) is 16.7 Å². The zero-order valence-corrected chi connectivity index (χ0v) is 15.9. The first kappa shape index (κ1) is 22.3. The van der Waals surface area contributed by atoms with E-state index in [2.05, 4.69) is 10.3 Å². The average molecular weight is 414 g/mol. The monoisotopic (exact) mass is 414 g/mol. The molecule has 4 nitrogen and oxygen atoms in total. The first-order valence-electron chi connectivity index (χ1n) is 8.47. The van der Waals surface area contributed by atoms with Crippen LogP contribution in [0.25, 0.3) is 0 Å². The summed E-state index contributed by atoms with van der Waals surface area (Å²) >= 11 is 0. The number of benzene rings is 2. The number of aryl methyl sites for hydroxylation is 1. The van der Waals surface area contributed by atoms with Gasteiger partial charge >= 0.3 is 6.18 Å². The van der Waals surface area contributed by atoms with E-state index < -0.39 is 23.9 Å². The number of hydrogen-bond acceptors (Lipinski definition) is 4. The van der Waals surface area contributed by atoms with Crippen LogP contribution in [0.1, 0.15) is 34.7 Å². The second kappa shape index (κ2) is 9.49. The molecule has 0 spiro atoms. The Morgan fingerprint density at radius 2 is 1.76 bits per heavy atom. The van der Waals surface area contributed by atoms with Crippen LogP contribution in [-0.2, 0) is 22.5 Å². The van der Waals surface area contributed by atoms with Crippen LogP contribution in [-0.4, -0.2) is 25.0 Å². The zero-order chi connectivity index (χ0) is 21.6. The van der Waals surface area contributed by atoms with Crippen LogP contribution in [0.2, 0.25) is 0 Å². The van der Waals surface area contributed by atoms with E-state index in [0.29, 0.717) is 22.9 Å². The molecule has 9 heteroatoms. The topological polar surface area (TPSA) is 43.2 Å². The SMILES string of the molecule is CO/N=C(/C)c1cccc(C)c1CO/N=C(/c1cccc(C(F)(F)F)c1)C(F)F. The summed E-state index contributed by atoms with van der Waals surface area (Å²) in [4.78, 5) is 9.86. The fraction of sp³-hybridized carbons (Fsp3) is 0.300. The maximum atomic E-state index is 13.4. The fourth-order valence-electron chi connectivity index (χ4n) is 2.66. The molecule has 29 heavy (non-hydrogen) atoms. The predicted octanol–water partition coefficient (Wildman–Crippen LogP) is 5.57. The van der Waals surface area contributed by atoms with Gasteiger partial charge in [-0.2, -0.15) is 13.2 Å². The molecule has 0 saturated carbocycles. The summed E-state index contributed by atoms with van der Waals surface area (Å²) in [5.41, 5.74) is 0.389. The Bertz CT molecular complexity index is 908. The van der Waals surface area contributed by atoms with Gasteiger partial charge in [0.15, 0.2) is 5.71 Å². The van der Waals surface area contributed by atoms with E-state index >= 15 is 0 Å². The number of rotatable bonds is 7. The smallest absolute Gasteiger partial charge is 0.399 e. The minimum atomic E-state index is -4.65.